The van der Waals surface area contributed by atoms with E-state index in [2.05, 4.69) is 4.98 Å². The number of benzene rings is 1. The SMILES string of the molecule is CC(=O)SCC=Cc1ccc2ncn(C)c(=O)c2c1. The predicted molar refractivity (Wildman–Crippen MR) is 79.2 cm³/mol. The van der Waals surface area contributed by atoms with E-state index in [9.17, 15) is 9.59 Å². The standard InChI is InChI=1S/C14H14N2O2S/c1-10(17)19-7-3-4-11-5-6-13-12(8-11)14(18)16(2)9-15-13/h3-6,8-9H,7H2,1-2H3. The average molecular weight is 274 g/mol. The Morgan fingerprint density at radius 1 is 1.47 bits per heavy atom. The lowest BCUT2D eigenvalue weighted by Crippen LogP contribution is -2.16. The number of hydrogen-bond donors (Lipinski definition) is 0. The lowest BCUT2D eigenvalue weighted by Gasteiger charge is -2.01. The van der Waals surface area contributed by atoms with Crippen LogP contribution in [0.5, 0.6) is 0 Å². The normalized spacial score (nSPS) is 11.3. The number of hydrogen-bond acceptors (Lipinski definition) is 4. The summed E-state index contributed by atoms with van der Waals surface area (Å²) >= 11 is 1.26. The topological polar surface area (TPSA) is 52.0 Å². The number of aryl methyl sites for hydroxylation is 1. The van der Waals surface area contributed by atoms with Crippen molar-refractivity contribution in [3.05, 3.63) is 46.5 Å². The Hall–Kier alpha value is -1.88. The van der Waals surface area contributed by atoms with Crippen LogP contribution in [0.4, 0.5) is 0 Å². The van der Waals surface area contributed by atoms with Crippen molar-refractivity contribution in [3.63, 3.8) is 0 Å². The minimum Gasteiger partial charge on any atom is -0.302 e. The lowest BCUT2D eigenvalue weighted by molar-refractivity contribution is -0.109. The number of thioether (sulfide) groups is 1. The molecule has 0 aliphatic heterocycles. The summed E-state index contributed by atoms with van der Waals surface area (Å²) in [4.78, 5) is 26.9. The second-order valence-corrected chi connectivity index (χ2v) is 5.34. The fraction of sp³-hybridized carbons (Fsp3) is 0.214. The van der Waals surface area contributed by atoms with Crippen molar-refractivity contribution in [2.75, 3.05) is 5.75 Å². The second kappa shape index (κ2) is 5.84. The third kappa shape index (κ3) is 3.32. The van der Waals surface area contributed by atoms with Gasteiger partial charge in [0.2, 0.25) is 0 Å². The van der Waals surface area contributed by atoms with Crippen molar-refractivity contribution in [1.29, 1.82) is 0 Å². The Morgan fingerprint density at radius 3 is 3.00 bits per heavy atom. The van der Waals surface area contributed by atoms with E-state index >= 15 is 0 Å². The number of rotatable bonds is 3. The van der Waals surface area contributed by atoms with Gasteiger partial charge >= 0.3 is 0 Å². The van der Waals surface area contributed by atoms with Crippen molar-refractivity contribution in [1.82, 2.24) is 9.55 Å². The van der Waals surface area contributed by atoms with Gasteiger partial charge < -0.3 is 4.57 Å². The van der Waals surface area contributed by atoms with Crippen molar-refractivity contribution in [3.8, 4) is 0 Å². The van der Waals surface area contributed by atoms with E-state index in [0.717, 1.165) is 5.56 Å². The molecule has 0 bridgehead atoms. The molecule has 0 atom stereocenters. The Labute approximate surface area is 115 Å². The summed E-state index contributed by atoms with van der Waals surface area (Å²) in [5.41, 5.74) is 1.57. The highest BCUT2D eigenvalue weighted by Crippen LogP contribution is 2.12. The zero-order chi connectivity index (χ0) is 13.8. The summed E-state index contributed by atoms with van der Waals surface area (Å²) in [6.45, 7) is 1.55. The molecule has 2 rings (SSSR count). The minimum absolute atomic E-state index is 0.0571. The quantitative estimate of drug-likeness (QED) is 0.861. The van der Waals surface area contributed by atoms with E-state index < -0.39 is 0 Å². The summed E-state index contributed by atoms with van der Waals surface area (Å²) in [6, 6.07) is 5.55. The Morgan fingerprint density at radius 2 is 2.26 bits per heavy atom. The zero-order valence-electron chi connectivity index (χ0n) is 10.8. The van der Waals surface area contributed by atoms with Crippen LogP contribution in [-0.2, 0) is 11.8 Å². The van der Waals surface area contributed by atoms with Gasteiger partial charge in [0.05, 0.1) is 17.2 Å². The molecule has 19 heavy (non-hydrogen) atoms. The van der Waals surface area contributed by atoms with E-state index in [1.165, 1.54) is 22.7 Å². The van der Waals surface area contributed by atoms with Gasteiger partial charge in [-0.05, 0) is 17.7 Å². The third-order valence-electron chi connectivity index (χ3n) is 2.63. The maximum absolute atomic E-state index is 11.9. The van der Waals surface area contributed by atoms with Gasteiger partial charge in [0.25, 0.3) is 5.56 Å². The highest BCUT2D eigenvalue weighted by Gasteiger charge is 2.01. The summed E-state index contributed by atoms with van der Waals surface area (Å²) in [5.74, 6) is 0.637. The van der Waals surface area contributed by atoms with Gasteiger partial charge in [0.1, 0.15) is 0 Å². The van der Waals surface area contributed by atoms with Crippen molar-refractivity contribution < 1.29 is 4.79 Å². The van der Waals surface area contributed by atoms with Gasteiger partial charge in [-0.3, -0.25) is 9.59 Å². The van der Waals surface area contributed by atoms with Gasteiger partial charge in [-0.1, -0.05) is 30.0 Å². The second-order valence-electron chi connectivity index (χ2n) is 4.14. The monoisotopic (exact) mass is 274 g/mol. The number of fused-ring (bicyclic) bond motifs is 1. The zero-order valence-corrected chi connectivity index (χ0v) is 11.6. The van der Waals surface area contributed by atoms with Crippen molar-refractivity contribution in [2.24, 2.45) is 7.05 Å². The van der Waals surface area contributed by atoms with Crippen LogP contribution in [0, 0.1) is 0 Å². The van der Waals surface area contributed by atoms with Gasteiger partial charge in [-0.2, -0.15) is 0 Å². The van der Waals surface area contributed by atoms with E-state index in [1.54, 1.807) is 14.0 Å². The summed E-state index contributed by atoms with van der Waals surface area (Å²) in [5, 5.41) is 0.701. The molecule has 0 fully saturated rings. The van der Waals surface area contributed by atoms with Crippen LogP contribution < -0.4 is 5.56 Å². The molecule has 0 N–H and O–H groups in total. The molecule has 0 aliphatic carbocycles. The minimum atomic E-state index is -0.0571. The molecule has 0 unspecified atom stereocenters. The molecule has 1 aromatic heterocycles. The molecule has 1 heterocycles. The first-order valence-electron chi connectivity index (χ1n) is 5.83. The molecule has 0 amide bonds. The first-order chi connectivity index (χ1) is 9.08. The van der Waals surface area contributed by atoms with Crippen molar-refractivity contribution in [2.45, 2.75) is 6.92 Å². The van der Waals surface area contributed by atoms with Gasteiger partial charge in [-0.15, -0.1) is 0 Å². The maximum Gasteiger partial charge on any atom is 0.260 e. The molecule has 0 radical (unpaired) electrons. The molecule has 0 saturated carbocycles. The van der Waals surface area contributed by atoms with Crippen LogP contribution in [-0.4, -0.2) is 20.4 Å². The van der Waals surface area contributed by atoms with Crippen LogP contribution in [0.1, 0.15) is 12.5 Å². The van der Waals surface area contributed by atoms with Crippen LogP contribution >= 0.6 is 11.8 Å². The van der Waals surface area contributed by atoms with Crippen LogP contribution in [0.15, 0.2) is 35.4 Å². The highest BCUT2D eigenvalue weighted by atomic mass is 32.2. The Kier molecular flexibility index (Phi) is 4.16. The van der Waals surface area contributed by atoms with Crippen molar-refractivity contribution >= 4 is 33.9 Å². The molecule has 5 heteroatoms. The summed E-state index contributed by atoms with van der Waals surface area (Å²) in [7, 11) is 1.68. The summed E-state index contributed by atoms with van der Waals surface area (Å²) < 4.78 is 1.46. The Balaban J connectivity index is 2.28. The van der Waals surface area contributed by atoms with Gasteiger partial charge in [-0.25, -0.2) is 4.98 Å². The molecule has 2 aromatic rings. The molecule has 0 saturated heterocycles. The molecule has 0 aliphatic rings. The maximum atomic E-state index is 11.9. The first kappa shape index (κ1) is 13.5. The van der Waals surface area contributed by atoms with E-state index in [1.807, 2.05) is 30.4 Å². The van der Waals surface area contributed by atoms with Crippen LogP contribution in [0.2, 0.25) is 0 Å². The molecular weight excluding hydrogens is 260 g/mol. The first-order valence-corrected chi connectivity index (χ1v) is 6.82. The molecule has 98 valence electrons. The summed E-state index contributed by atoms with van der Waals surface area (Å²) in [6.07, 6.45) is 5.33. The van der Waals surface area contributed by atoms with Gasteiger partial charge in [0, 0.05) is 19.7 Å². The lowest BCUT2D eigenvalue weighted by atomic mass is 10.1. The number of carbonyl (C=O) groups excluding carboxylic acids is 1. The molecule has 4 nitrogen and oxygen atoms in total. The third-order valence-corrected chi connectivity index (χ3v) is 3.40. The molecule has 0 spiro atoms. The Bertz CT molecular complexity index is 704. The fourth-order valence-corrected chi connectivity index (χ4v) is 2.11. The van der Waals surface area contributed by atoms with Gasteiger partial charge in [0.15, 0.2) is 5.12 Å². The number of carbonyl (C=O) groups is 1. The highest BCUT2D eigenvalue weighted by molar-refractivity contribution is 8.13. The fourth-order valence-electron chi connectivity index (χ4n) is 1.68. The smallest absolute Gasteiger partial charge is 0.260 e. The van der Waals surface area contributed by atoms with E-state index in [0.29, 0.717) is 16.7 Å². The van der Waals surface area contributed by atoms with E-state index in [4.69, 9.17) is 0 Å². The van der Waals surface area contributed by atoms with E-state index in [-0.39, 0.29) is 10.7 Å². The van der Waals surface area contributed by atoms with Crippen LogP contribution in [0.3, 0.4) is 0 Å². The predicted octanol–water partition coefficient (Wildman–Crippen LogP) is 2.23. The largest absolute Gasteiger partial charge is 0.302 e. The van der Waals surface area contributed by atoms with Crippen LogP contribution in [0.25, 0.3) is 17.0 Å². The number of aromatic nitrogens is 2. The average Bonchev–Trinajstić information content (AvgIpc) is 2.39. The molecule has 1 aromatic carbocycles. The molecular formula is C14H14N2O2S. The number of nitrogens with zero attached hydrogens (tertiary/aromatic N) is 2.